The second-order valence-corrected chi connectivity index (χ2v) is 4.37. The van der Waals surface area contributed by atoms with Crippen LogP contribution in [0.2, 0.25) is 0 Å². The fraction of sp³-hybridized carbons (Fsp3) is 0.467. The Balaban J connectivity index is 2.97. The quantitative estimate of drug-likeness (QED) is 0.607. The summed E-state index contributed by atoms with van der Waals surface area (Å²) in [6.07, 6.45) is 0.273. The van der Waals surface area contributed by atoms with Gasteiger partial charge in [-0.1, -0.05) is 0 Å². The highest BCUT2D eigenvalue weighted by Gasteiger charge is 2.18. The Morgan fingerprint density at radius 1 is 1.25 bits per heavy atom. The molecule has 0 radical (unpaired) electrons. The van der Waals surface area contributed by atoms with E-state index in [0.717, 1.165) is 5.56 Å². The minimum absolute atomic E-state index is 0.0426. The molecule has 5 heteroatoms. The van der Waals surface area contributed by atoms with Crippen molar-refractivity contribution in [2.45, 2.75) is 33.2 Å². The highest BCUT2D eigenvalue weighted by molar-refractivity contribution is 5.94. The molecule has 0 bridgehead atoms. The molecule has 1 atom stereocenters. The Kier molecular flexibility index (Phi) is 6.18. The summed E-state index contributed by atoms with van der Waals surface area (Å²) < 4.78 is 10.4. The molecule has 0 aliphatic heterocycles. The van der Waals surface area contributed by atoms with Crippen LogP contribution in [0.1, 0.15) is 36.7 Å². The zero-order valence-electron chi connectivity index (χ0n) is 12.1. The fourth-order valence-electron chi connectivity index (χ4n) is 1.82. The predicted octanol–water partition coefficient (Wildman–Crippen LogP) is 1.72. The van der Waals surface area contributed by atoms with Crippen molar-refractivity contribution in [3.8, 4) is 5.75 Å². The summed E-state index contributed by atoms with van der Waals surface area (Å²) in [6, 6.07) is 4.38. The van der Waals surface area contributed by atoms with Crippen molar-refractivity contribution in [1.82, 2.24) is 0 Å². The highest BCUT2D eigenvalue weighted by Crippen LogP contribution is 2.22. The van der Waals surface area contributed by atoms with Gasteiger partial charge in [0.1, 0.15) is 11.8 Å². The van der Waals surface area contributed by atoms with Crippen molar-refractivity contribution in [1.29, 1.82) is 0 Å². The maximum atomic E-state index is 11.6. The summed E-state index contributed by atoms with van der Waals surface area (Å²) in [7, 11) is 0. The minimum atomic E-state index is -0.767. The lowest BCUT2D eigenvalue weighted by Crippen LogP contribution is -2.34. The fourth-order valence-corrected chi connectivity index (χ4v) is 1.82. The molecule has 1 aromatic rings. The molecule has 1 aromatic carbocycles. The van der Waals surface area contributed by atoms with Crippen LogP contribution in [0.5, 0.6) is 5.75 Å². The lowest BCUT2D eigenvalue weighted by atomic mass is 10.0. The van der Waals surface area contributed by atoms with Crippen molar-refractivity contribution < 1.29 is 19.1 Å². The number of esters is 1. The van der Waals surface area contributed by atoms with Crippen LogP contribution in [-0.2, 0) is 16.0 Å². The molecule has 0 aromatic heterocycles. The van der Waals surface area contributed by atoms with Gasteiger partial charge in [-0.15, -0.1) is 0 Å². The number of Topliss-reactive ketones (excluding diaryl/α,β-unsaturated/α-hetero) is 1. The maximum absolute atomic E-state index is 11.6. The van der Waals surface area contributed by atoms with Crippen LogP contribution >= 0.6 is 0 Å². The summed E-state index contributed by atoms with van der Waals surface area (Å²) in [4.78, 5) is 23.0. The molecule has 0 aliphatic rings. The van der Waals surface area contributed by atoms with Gasteiger partial charge in [-0.05, 0) is 44.5 Å². The molecule has 0 fully saturated rings. The third-order valence-corrected chi connectivity index (χ3v) is 2.80. The monoisotopic (exact) mass is 279 g/mol. The molecule has 0 heterocycles. The summed E-state index contributed by atoms with van der Waals surface area (Å²) in [5, 5.41) is 0. The van der Waals surface area contributed by atoms with E-state index in [1.54, 1.807) is 25.1 Å². The van der Waals surface area contributed by atoms with Crippen LogP contribution in [0, 0.1) is 0 Å². The van der Waals surface area contributed by atoms with Crippen molar-refractivity contribution >= 4 is 11.8 Å². The molecule has 5 nitrogen and oxygen atoms in total. The molecule has 1 rings (SSSR count). The van der Waals surface area contributed by atoms with E-state index in [9.17, 15) is 9.59 Å². The van der Waals surface area contributed by atoms with E-state index in [1.165, 1.54) is 6.92 Å². The molecule has 2 N–H and O–H groups in total. The van der Waals surface area contributed by atoms with Crippen LogP contribution in [0.15, 0.2) is 18.2 Å². The molecular formula is C15H21NO4. The van der Waals surface area contributed by atoms with Crippen molar-refractivity contribution in [3.63, 3.8) is 0 Å². The number of ketones is 1. The number of carbonyl (C=O) groups is 2. The molecule has 0 aliphatic carbocycles. The molecule has 20 heavy (non-hydrogen) atoms. The van der Waals surface area contributed by atoms with Crippen molar-refractivity contribution in [2.24, 2.45) is 5.73 Å². The summed E-state index contributed by atoms with van der Waals surface area (Å²) in [5.41, 5.74) is 7.12. The lowest BCUT2D eigenvalue weighted by Gasteiger charge is -2.15. The SMILES string of the molecule is CCOC(=O)C(N)Cc1cc(C(C)=O)ccc1OCC. The third kappa shape index (κ3) is 4.35. The van der Waals surface area contributed by atoms with Gasteiger partial charge in [-0.25, -0.2) is 0 Å². The molecular weight excluding hydrogens is 258 g/mol. The molecule has 1 unspecified atom stereocenters. The van der Waals surface area contributed by atoms with Crippen LogP contribution in [-0.4, -0.2) is 31.0 Å². The van der Waals surface area contributed by atoms with Gasteiger partial charge in [0.25, 0.3) is 0 Å². The van der Waals surface area contributed by atoms with E-state index in [1.807, 2.05) is 6.92 Å². The smallest absolute Gasteiger partial charge is 0.323 e. The van der Waals surface area contributed by atoms with Gasteiger partial charge in [0, 0.05) is 12.0 Å². The second kappa shape index (κ2) is 7.65. The van der Waals surface area contributed by atoms with E-state index >= 15 is 0 Å². The van der Waals surface area contributed by atoms with Crippen molar-refractivity contribution in [3.05, 3.63) is 29.3 Å². The van der Waals surface area contributed by atoms with Crippen molar-refractivity contribution in [2.75, 3.05) is 13.2 Å². The normalized spacial score (nSPS) is 11.8. The van der Waals surface area contributed by atoms with Crippen LogP contribution in [0.4, 0.5) is 0 Å². The van der Waals surface area contributed by atoms with Gasteiger partial charge in [0.15, 0.2) is 5.78 Å². The number of hydrogen-bond donors (Lipinski definition) is 1. The predicted molar refractivity (Wildman–Crippen MR) is 75.9 cm³/mol. The van der Waals surface area contributed by atoms with Gasteiger partial charge in [0.2, 0.25) is 0 Å². The molecule has 0 amide bonds. The Morgan fingerprint density at radius 2 is 1.95 bits per heavy atom. The molecule has 0 spiro atoms. The summed E-state index contributed by atoms with van der Waals surface area (Å²) >= 11 is 0. The zero-order valence-corrected chi connectivity index (χ0v) is 12.1. The molecule has 0 saturated heterocycles. The number of ether oxygens (including phenoxy) is 2. The Bertz CT molecular complexity index is 485. The molecule has 110 valence electrons. The van der Waals surface area contributed by atoms with E-state index < -0.39 is 12.0 Å². The average Bonchev–Trinajstić information content (AvgIpc) is 2.40. The van der Waals surface area contributed by atoms with E-state index in [4.69, 9.17) is 15.2 Å². The van der Waals surface area contributed by atoms with Gasteiger partial charge in [0.05, 0.1) is 13.2 Å². The van der Waals surface area contributed by atoms with Crippen LogP contribution < -0.4 is 10.5 Å². The lowest BCUT2D eigenvalue weighted by molar-refractivity contribution is -0.144. The van der Waals surface area contributed by atoms with Gasteiger partial charge < -0.3 is 15.2 Å². The summed E-state index contributed by atoms with van der Waals surface area (Å²) in [6.45, 7) is 5.88. The Hall–Kier alpha value is -1.88. The van der Waals surface area contributed by atoms with E-state index in [2.05, 4.69) is 0 Å². The maximum Gasteiger partial charge on any atom is 0.323 e. The van der Waals surface area contributed by atoms with Gasteiger partial charge in [-0.2, -0.15) is 0 Å². The number of benzene rings is 1. The second-order valence-electron chi connectivity index (χ2n) is 4.37. The first-order valence-corrected chi connectivity index (χ1v) is 6.68. The third-order valence-electron chi connectivity index (χ3n) is 2.80. The number of nitrogens with two attached hydrogens (primary N) is 1. The highest BCUT2D eigenvalue weighted by atomic mass is 16.5. The van der Waals surface area contributed by atoms with Crippen LogP contribution in [0.3, 0.4) is 0 Å². The van der Waals surface area contributed by atoms with Crippen LogP contribution in [0.25, 0.3) is 0 Å². The largest absolute Gasteiger partial charge is 0.494 e. The van der Waals surface area contributed by atoms with E-state index in [0.29, 0.717) is 24.5 Å². The zero-order chi connectivity index (χ0) is 15.1. The number of hydrogen-bond acceptors (Lipinski definition) is 5. The Morgan fingerprint density at radius 3 is 2.50 bits per heavy atom. The first kappa shape index (κ1) is 16.2. The first-order valence-electron chi connectivity index (χ1n) is 6.68. The minimum Gasteiger partial charge on any atom is -0.494 e. The number of rotatable bonds is 7. The first-order chi connectivity index (χ1) is 9.49. The van der Waals surface area contributed by atoms with E-state index in [-0.39, 0.29) is 12.2 Å². The topological polar surface area (TPSA) is 78.6 Å². The number of carbonyl (C=O) groups excluding carboxylic acids is 2. The van der Waals surface area contributed by atoms with Gasteiger partial charge >= 0.3 is 5.97 Å². The summed E-state index contributed by atoms with van der Waals surface area (Å²) in [5.74, 6) is 0.138. The standard InChI is InChI=1S/C15H21NO4/c1-4-19-14-7-6-11(10(3)17)8-12(14)9-13(16)15(18)20-5-2/h6-8,13H,4-5,9,16H2,1-3H3. The van der Waals surface area contributed by atoms with Gasteiger partial charge in [-0.3, -0.25) is 9.59 Å². The average molecular weight is 279 g/mol. The molecule has 0 saturated carbocycles. The Labute approximate surface area is 119 Å².